The lowest BCUT2D eigenvalue weighted by atomic mass is 9.97. The van der Waals surface area contributed by atoms with Gasteiger partial charge in [-0.15, -0.1) is 0 Å². The maximum atomic E-state index is 11.8. The minimum Gasteiger partial charge on any atom is -0.396 e. The highest BCUT2D eigenvalue weighted by molar-refractivity contribution is 7.89. The largest absolute Gasteiger partial charge is 0.396 e. The van der Waals surface area contributed by atoms with Gasteiger partial charge in [0, 0.05) is 20.2 Å². The van der Waals surface area contributed by atoms with Gasteiger partial charge in [0.15, 0.2) is 0 Å². The predicted octanol–water partition coefficient (Wildman–Crippen LogP) is -0.0278. The lowest BCUT2D eigenvalue weighted by Gasteiger charge is -2.31. The van der Waals surface area contributed by atoms with E-state index < -0.39 is 10.0 Å². The second-order valence-electron chi connectivity index (χ2n) is 4.92. The van der Waals surface area contributed by atoms with E-state index in [0.29, 0.717) is 18.9 Å². The van der Waals surface area contributed by atoms with Gasteiger partial charge in [0.1, 0.15) is 0 Å². The summed E-state index contributed by atoms with van der Waals surface area (Å²) in [7, 11) is 0.563. The second-order valence-corrected chi connectivity index (χ2v) is 7.12. The summed E-state index contributed by atoms with van der Waals surface area (Å²) >= 11 is 0. The minimum absolute atomic E-state index is 0.0482. The van der Waals surface area contributed by atoms with Crippen LogP contribution in [0.5, 0.6) is 0 Å². The van der Waals surface area contributed by atoms with Gasteiger partial charge in [-0.25, -0.2) is 12.7 Å². The van der Waals surface area contributed by atoms with Crippen molar-refractivity contribution < 1.29 is 13.5 Å². The number of aliphatic hydroxyl groups is 1. The van der Waals surface area contributed by atoms with Crippen molar-refractivity contribution in [3.8, 4) is 0 Å². The molecule has 1 aliphatic rings. The van der Waals surface area contributed by atoms with Crippen LogP contribution in [0.1, 0.15) is 19.3 Å². The van der Waals surface area contributed by atoms with Crippen LogP contribution < -0.4 is 0 Å². The molecule has 5 nitrogen and oxygen atoms in total. The number of rotatable bonds is 6. The normalized spacial score (nSPS) is 20.0. The zero-order valence-corrected chi connectivity index (χ0v) is 11.6. The molecule has 6 heteroatoms. The molecule has 17 heavy (non-hydrogen) atoms. The number of aliphatic hydroxyl groups excluding tert-OH is 1. The molecule has 1 N–H and O–H groups in total. The van der Waals surface area contributed by atoms with Crippen LogP contribution in [0.3, 0.4) is 0 Å². The summed E-state index contributed by atoms with van der Waals surface area (Å²) in [5.41, 5.74) is 0. The summed E-state index contributed by atoms with van der Waals surface area (Å²) in [5, 5.41) is 8.67. The summed E-state index contributed by atoms with van der Waals surface area (Å²) in [6.07, 6.45) is 2.45. The molecule has 0 bridgehead atoms. The quantitative estimate of drug-likeness (QED) is 0.732. The summed E-state index contributed by atoms with van der Waals surface area (Å²) in [5.74, 6) is 0.521. The number of likely N-dealkylation sites (tertiary alicyclic amines) is 1. The summed E-state index contributed by atoms with van der Waals surface area (Å²) in [6.45, 7) is 2.65. The molecule has 102 valence electrons. The molecule has 1 saturated heterocycles. The van der Waals surface area contributed by atoms with E-state index in [9.17, 15) is 8.42 Å². The van der Waals surface area contributed by atoms with Crippen molar-refractivity contribution in [2.45, 2.75) is 19.3 Å². The molecule has 1 rings (SSSR count). The van der Waals surface area contributed by atoms with Gasteiger partial charge in [0.25, 0.3) is 0 Å². The van der Waals surface area contributed by atoms with Crippen LogP contribution in [0, 0.1) is 5.92 Å². The predicted molar refractivity (Wildman–Crippen MR) is 68.3 cm³/mol. The zero-order valence-electron chi connectivity index (χ0n) is 10.8. The van der Waals surface area contributed by atoms with E-state index in [1.165, 1.54) is 4.31 Å². The van der Waals surface area contributed by atoms with Crippen LogP contribution in [-0.2, 0) is 10.0 Å². The average molecular weight is 264 g/mol. The van der Waals surface area contributed by atoms with Crippen molar-refractivity contribution in [1.82, 2.24) is 9.21 Å². The Kier molecular flexibility index (Phi) is 5.85. The van der Waals surface area contributed by atoms with Gasteiger partial charge in [-0.2, -0.15) is 0 Å². The Morgan fingerprint density at radius 3 is 2.47 bits per heavy atom. The number of piperidine rings is 1. The Bertz CT molecular complexity index is 311. The Morgan fingerprint density at radius 2 is 1.94 bits per heavy atom. The highest BCUT2D eigenvalue weighted by Crippen LogP contribution is 2.18. The van der Waals surface area contributed by atoms with Gasteiger partial charge < -0.3 is 10.0 Å². The van der Waals surface area contributed by atoms with Crippen molar-refractivity contribution >= 4 is 10.0 Å². The number of nitrogens with zero attached hydrogens (tertiary/aromatic N) is 2. The highest BCUT2D eigenvalue weighted by Gasteiger charge is 2.23. The Hall–Kier alpha value is -0.170. The Balaban J connectivity index is 2.40. The molecule has 0 aromatic heterocycles. The average Bonchev–Trinajstić information content (AvgIpc) is 2.29. The molecule has 0 amide bonds. The van der Waals surface area contributed by atoms with Gasteiger partial charge in [0.05, 0.1) is 5.75 Å². The first-order valence-electron chi connectivity index (χ1n) is 6.19. The van der Waals surface area contributed by atoms with Crippen molar-refractivity contribution in [3.63, 3.8) is 0 Å². The van der Waals surface area contributed by atoms with Crippen molar-refractivity contribution in [2.24, 2.45) is 5.92 Å². The van der Waals surface area contributed by atoms with E-state index in [1.807, 2.05) is 0 Å². The van der Waals surface area contributed by atoms with E-state index in [4.69, 9.17) is 5.11 Å². The monoisotopic (exact) mass is 264 g/mol. The third-order valence-corrected chi connectivity index (χ3v) is 5.29. The Labute approximate surface area is 104 Å². The third-order valence-electron chi connectivity index (χ3n) is 3.39. The molecule has 1 heterocycles. The lowest BCUT2D eigenvalue weighted by Crippen LogP contribution is -2.38. The topological polar surface area (TPSA) is 60.9 Å². The first-order valence-corrected chi connectivity index (χ1v) is 7.80. The van der Waals surface area contributed by atoms with Gasteiger partial charge in [-0.05, 0) is 45.3 Å². The minimum atomic E-state index is -3.18. The molecule has 1 aliphatic heterocycles. The molecule has 0 atom stereocenters. The molecule has 1 fully saturated rings. The molecule has 0 radical (unpaired) electrons. The van der Waals surface area contributed by atoms with Crippen molar-refractivity contribution in [1.29, 1.82) is 0 Å². The fourth-order valence-electron chi connectivity index (χ4n) is 2.12. The Morgan fingerprint density at radius 1 is 1.35 bits per heavy atom. The SMILES string of the molecule is CN1CCC(CN(C)S(=O)(=O)CCCO)CC1. The van der Waals surface area contributed by atoms with Gasteiger partial charge >= 0.3 is 0 Å². The van der Waals surface area contributed by atoms with Gasteiger partial charge in [-0.3, -0.25) is 0 Å². The first-order chi connectivity index (χ1) is 7.95. The maximum absolute atomic E-state index is 11.8. The van der Waals surface area contributed by atoms with E-state index in [1.54, 1.807) is 7.05 Å². The fourth-order valence-corrected chi connectivity index (χ4v) is 3.37. The van der Waals surface area contributed by atoms with Crippen molar-refractivity contribution in [3.05, 3.63) is 0 Å². The van der Waals surface area contributed by atoms with E-state index >= 15 is 0 Å². The second kappa shape index (κ2) is 6.68. The molecule has 0 spiro atoms. The van der Waals surface area contributed by atoms with Crippen molar-refractivity contribution in [2.75, 3.05) is 46.1 Å². The van der Waals surface area contributed by atoms with Gasteiger partial charge in [-0.1, -0.05) is 0 Å². The molecular formula is C11H24N2O3S. The standard InChI is InChI=1S/C11H24N2O3S/c1-12-6-4-11(5-7-12)10-13(2)17(15,16)9-3-8-14/h11,14H,3-10H2,1-2H3. The molecule has 0 aromatic rings. The third kappa shape index (κ3) is 4.91. The zero-order chi connectivity index (χ0) is 12.9. The maximum Gasteiger partial charge on any atom is 0.213 e. The van der Waals surface area contributed by atoms with Crippen LogP contribution in [0.25, 0.3) is 0 Å². The number of hydrogen-bond donors (Lipinski definition) is 1. The molecule has 0 saturated carbocycles. The van der Waals surface area contributed by atoms with Crippen LogP contribution >= 0.6 is 0 Å². The molecular weight excluding hydrogens is 240 g/mol. The van der Waals surface area contributed by atoms with Crippen LogP contribution in [0.4, 0.5) is 0 Å². The number of sulfonamides is 1. The molecule has 0 aromatic carbocycles. The highest BCUT2D eigenvalue weighted by atomic mass is 32.2. The smallest absolute Gasteiger partial charge is 0.213 e. The van der Waals surface area contributed by atoms with Gasteiger partial charge in [0.2, 0.25) is 10.0 Å². The molecule has 0 aliphatic carbocycles. The van der Waals surface area contributed by atoms with Crippen LogP contribution in [0.15, 0.2) is 0 Å². The van der Waals surface area contributed by atoms with E-state index in [0.717, 1.165) is 25.9 Å². The van der Waals surface area contributed by atoms with E-state index in [-0.39, 0.29) is 12.4 Å². The summed E-state index contributed by atoms with van der Waals surface area (Å²) in [4.78, 5) is 2.27. The first kappa shape index (κ1) is 14.9. The van der Waals surface area contributed by atoms with E-state index in [2.05, 4.69) is 11.9 Å². The lowest BCUT2D eigenvalue weighted by molar-refractivity contribution is 0.202. The van der Waals surface area contributed by atoms with Crippen LogP contribution in [-0.4, -0.2) is 68.8 Å². The fraction of sp³-hybridized carbons (Fsp3) is 1.00. The number of hydrogen-bond acceptors (Lipinski definition) is 4. The summed E-state index contributed by atoms with van der Waals surface area (Å²) in [6, 6.07) is 0. The summed E-state index contributed by atoms with van der Waals surface area (Å²) < 4.78 is 25.1. The molecule has 0 unspecified atom stereocenters. The van der Waals surface area contributed by atoms with Crippen LogP contribution in [0.2, 0.25) is 0 Å².